The normalized spacial score (nSPS) is 11.1. The predicted molar refractivity (Wildman–Crippen MR) is 134 cm³/mol. The highest BCUT2D eigenvalue weighted by atomic mass is 32.1. The van der Waals surface area contributed by atoms with E-state index in [1.807, 2.05) is 36.4 Å². The number of thiophene rings is 1. The fraction of sp³-hybridized carbons (Fsp3) is 0.154. The van der Waals surface area contributed by atoms with Crippen LogP contribution in [0.2, 0.25) is 0 Å². The van der Waals surface area contributed by atoms with Crippen LogP contribution >= 0.6 is 11.3 Å². The highest BCUT2D eigenvalue weighted by molar-refractivity contribution is 7.25. The smallest absolute Gasteiger partial charge is 0.263 e. The Kier molecular flexibility index (Phi) is 5.59. The van der Waals surface area contributed by atoms with E-state index in [4.69, 9.17) is 19.2 Å². The summed E-state index contributed by atoms with van der Waals surface area (Å²) in [4.78, 5) is 19.4. The SMILES string of the molecule is COc1cc(-c2nc3sc4c(O)cccc4c3c(=O)n2Cc2ccccc2)cc(OC)c1OC. The average Bonchev–Trinajstić information content (AvgIpc) is 3.25. The number of hydrogen-bond acceptors (Lipinski definition) is 7. The van der Waals surface area contributed by atoms with Crippen LogP contribution in [0.4, 0.5) is 0 Å². The van der Waals surface area contributed by atoms with E-state index in [9.17, 15) is 9.90 Å². The Bertz CT molecular complexity index is 1550. The van der Waals surface area contributed by atoms with Gasteiger partial charge in [-0.3, -0.25) is 9.36 Å². The lowest BCUT2D eigenvalue weighted by atomic mass is 10.1. The molecule has 0 saturated carbocycles. The summed E-state index contributed by atoms with van der Waals surface area (Å²) in [5.74, 6) is 1.98. The van der Waals surface area contributed by atoms with Gasteiger partial charge in [0.05, 0.1) is 38.0 Å². The van der Waals surface area contributed by atoms with E-state index in [1.54, 1.807) is 50.2 Å². The number of rotatable bonds is 6. The molecule has 7 nitrogen and oxygen atoms in total. The minimum absolute atomic E-state index is 0.129. The first-order valence-electron chi connectivity index (χ1n) is 10.5. The van der Waals surface area contributed by atoms with Gasteiger partial charge in [0, 0.05) is 10.9 Å². The van der Waals surface area contributed by atoms with E-state index < -0.39 is 0 Å². The lowest BCUT2D eigenvalue weighted by Gasteiger charge is -2.17. The quantitative estimate of drug-likeness (QED) is 0.371. The molecule has 0 saturated heterocycles. The zero-order chi connectivity index (χ0) is 23.8. The molecule has 2 heterocycles. The molecule has 3 aromatic carbocycles. The van der Waals surface area contributed by atoms with Crippen LogP contribution in [0.3, 0.4) is 0 Å². The minimum Gasteiger partial charge on any atom is -0.506 e. The maximum absolute atomic E-state index is 13.9. The molecule has 2 aromatic heterocycles. The van der Waals surface area contributed by atoms with E-state index in [-0.39, 0.29) is 11.3 Å². The first-order valence-corrected chi connectivity index (χ1v) is 11.4. The lowest BCUT2D eigenvalue weighted by Crippen LogP contribution is -2.23. The Labute approximate surface area is 199 Å². The van der Waals surface area contributed by atoms with Crippen LogP contribution < -0.4 is 19.8 Å². The molecule has 34 heavy (non-hydrogen) atoms. The molecule has 0 aliphatic heterocycles. The summed E-state index contributed by atoms with van der Waals surface area (Å²) in [5.41, 5.74) is 1.42. The van der Waals surface area contributed by atoms with Gasteiger partial charge in [-0.05, 0) is 23.8 Å². The molecule has 0 aliphatic rings. The fourth-order valence-electron chi connectivity index (χ4n) is 4.11. The Morgan fingerprint density at radius 2 is 1.65 bits per heavy atom. The molecule has 0 spiro atoms. The molecule has 0 atom stereocenters. The lowest BCUT2D eigenvalue weighted by molar-refractivity contribution is 0.324. The largest absolute Gasteiger partial charge is 0.506 e. The van der Waals surface area contributed by atoms with Crippen molar-refractivity contribution in [2.45, 2.75) is 6.54 Å². The maximum Gasteiger partial charge on any atom is 0.263 e. The third kappa shape index (κ3) is 3.52. The van der Waals surface area contributed by atoms with Crippen molar-refractivity contribution in [2.75, 3.05) is 21.3 Å². The van der Waals surface area contributed by atoms with Crippen molar-refractivity contribution in [3.63, 3.8) is 0 Å². The Balaban J connectivity index is 1.85. The van der Waals surface area contributed by atoms with Gasteiger partial charge < -0.3 is 19.3 Å². The zero-order valence-corrected chi connectivity index (χ0v) is 19.7. The topological polar surface area (TPSA) is 82.8 Å². The highest BCUT2D eigenvalue weighted by Gasteiger charge is 2.21. The zero-order valence-electron chi connectivity index (χ0n) is 18.9. The molecule has 0 radical (unpaired) electrons. The van der Waals surface area contributed by atoms with Crippen LogP contribution in [0.15, 0.2) is 65.5 Å². The predicted octanol–water partition coefficient (Wildman–Crippen LogP) is 5.06. The van der Waals surface area contributed by atoms with Gasteiger partial charge in [0.25, 0.3) is 5.56 Å². The number of aromatic nitrogens is 2. The van der Waals surface area contributed by atoms with Crippen molar-refractivity contribution < 1.29 is 19.3 Å². The minimum atomic E-state index is -0.186. The number of benzene rings is 3. The number of ether oxygens (including phenoxy) is 3. The Morgan fingerprint density at radius 3 is 2.29 bits per heavy atom. The third-order valence-electron chi connectivity index (χ3n) is 5.70. The maximum atomic E-state index is 13.9. The van der Waals surface area contributed by atoms with Gasteiger partial charge in [0.2, 0.25) is 5.75 Å². The van der Waals surface area contributed by atoms with E-state index in [0.29, 0.717) is 55.5 Å². The number of phenolic OH excluding ortho intramolecular Hbond substituents is 1. The summed E-state index contributed by atoms with van der Waals surface area (Å²) < 4.78 is 18.8. The molecule has 172 valence electrons. The van der Waals surface area contributed by atoms with Crippen molar-refractivity contribution in [3.05, 3.63) is 76.6 Å². The fourth-order valence-corrected chi connectivity index (χ4v) is 5.19. The molecular weight excluding hydrogens is 452 g/mol. The van der Waals surface area contributed by atoms with Crippen molar-refractivity contribution in [1.29, 1.82) is 0 Å². The van der Waals surface area contributed by atoms with Gasteiger partial charge in [-0.1, -0.05) is 42.5 Å². The standard InChI is InChI=1S/C26H22N2O5S/c1-31-19-12-16(13-20(32-2)22(19)33-3)24-27-25-21(17-10-7-11-18(29)23(17)34-25)26(30)28(24)14-15-8-5-4-6-9-15/h4-13,29H,14H2,1-3H3. The number of hydrogen-bond donors (Lipinski definition) is 1. The van der Waals surface area contributed by atoms with Crippen LogP contribution in [-0.2, 0) is 6.54 Å². The summed E-state index contributed by atoms with van der Waals surface area (Å²) in [6.45, 7) is 0.324. The molecule has 1 N–H and O–H groups in total. The second-order valence-corrected chi connectivity index (χ2v) is 8.66. The van der Waals surface area contributed by atoms with E-state index in [1.165, 1.54) is 11.3 Å². The molecule has 8 heteroatoms. The van der Waals surface area contributed by atoms with Gasteiger partial charge in [0.15, 0.2) is 11.5 Å². The van der Waals surface area contributed by atoms with E-state index in [2.05, 4.69) is 0 Å². The summed E-state index contributed by atoms with van der Waals surface area (Å²) in [6, 6.07) is 18.5. The second kappa shape index (κ2) is 8.72. The van der Waals surface area contributed by atoms with Gasteiger partial charge in [0.1, 0.15) is 16.4 Å². The summed E-state index contributed by atoms with van der Waals surface area (Å²) >= 11 is 1.29. The highest BCUT2D eigenvalue weighted by Crippen LogP contribution is 2.42. The van der Waals surface area contributed by atoms with Gasteiger partial charge in [-0.25, -0.2) is 4.98 Å². The number of aromatic hydroxyl groups is 1. The molecule has 0 unspecified atom stereocenters. The van der Waals surface area contributed by atoms with E-state index in [0.717, 1.165) is 5.56 Å². The van der Waals surface area contributed by atoms with Crippen molar-refractivity contribution >= 4 is 31.6 Å². The van der Waals surface area contributed by atoms with Crippen LogP contribution in [0, 0.1) is 0 Å². The van der Waals surface area contributed by atoms with Crippen molar-refractivity contribution in [2.24, 2.45) is 0 Å². The Hall–Kier alpha value is -4.04. The molecule has 0 bridgehead atoms. The summed E-state index contributed by atoms with van der Waals surface area (Å²) in [6.07, 6.45) is 0. The molecule has 0 fully saturated rings. The molecule has 5 rings (SSSR count). The third-order valence-corrected chi connectivity index (χ3v) is 6.83. The number of nitrogens with zero attached hydrogens (tertiary/aromatic N) is 2. The number of methoxy groups -OCH3 is 3. The summed E-state index contributed by atoms with van der Waals surface area (Å²) in [5, 5.41) is 11.6. The molecule has 0 amide bonds. The van der Waals surface area contributed by atoms with Gasteiger partial charge in [-0.2, -0.15) is 0 Å². The number of phenols is 1. The average molecular weight is 475 g/mol. The van der Waals surface area contributed by atoms with Crippen LogP contribution in [0.25, 0.3) is 31.7 Å². The first-order chi connectivity index (χ1) is 16.5. The van der Waals surface area contributed by atoms with E-state index >= 15 is 0 Å². The Morgan fingerprint density at radius 1 is 0.941 bits per heavy atom. The molecular formula is C26H22N2O5S. The van der Waals surface area contributed by atoms with Crippen molar-refractivity contribution in [3.8, 4) is 34.4 Å². The summed E-state index contributed by atoms with van der Waals surface area (Å²) in [7, 11) is 4.63. The van der Waals surface area contributed by atoms with Crippen LogP contribution in [-0.4, -0.2) is 36.0 Å². The monoisotopic (exact) mass is 474 g/mol. The van der Waals surface area contributed by atoms with Crippen LogP contribution in [0.5, 0.6) is 23.0 Å². The second-order valence-electron chi connectivity index (χ2n) is 7.66. The van der Waals surface area contributed by atoms with Crippen LogP contribution in [0.1, 0.15) is 5.56 Å². The van der Waals surface area contributed by atoms with Crippen molar-refractivity contribution in [1.82, 2.24) is 9.55 Å². The number of fused-ring (bicyclic) bond motifs is 3. The molecule has 5 aromatic rings. The van der Waals surface area contributed by atoms with Gasteiger partial charge in [-0.15, -0.1) is 11.3 Å². The molecule has 0 aliphatic carbocycles. The first kappa shape index (κ1) is 21.8. The van der Waals surface area contributed by atoms with Gasteiger partial charge >= 0.3 is 0 Å².